The quantitative estimate of drug-likeness (QED) is 0.330. The van der Waals surface area contributed by atoms with Gasteiger partial charge in [-0.25, -0.2) is 0 Å². The molecule has 0 heterocycles. The molecule has 0 aromatic carbocycles. The van der Waals surface area contributed by atoms with Crippen molar-refractivity contribution in [2.75, 3.05) is 6.61 Å². The molecule has 2 saturated carbocycles. The van der Waals surface area contributed by atoms with E-state index in [2.05, 4.69) is 0 Å². The summed E-state index contributed by atoms with van der Waals surface area (Å²) in [6, 6.07) is 0. The normalized spacial score (nSPS) is 19.0. The average molecular weight is 356 g/mol. The van der Waals surface area contributed by atoms with E-state index in [1.54, 1.807) is 0 Å². The van der Waals surface area contributed by atoms with Gasteiger partial charge < -0.3 is 9.84 Å². The Hall–Kier alpha value is -0.311. The van der Waals surface area contributed by atoms with Crippen LogP contribution in [0.25, 0.3) is 0 Å². The number of hydrogen-bond acceptors (Lipinski definition) is 3. The molecule has 2 aliphatic carbocycles. The number of carbonyl (C=O) groups excluding carboxylic acids is 1. The summed E-state index contributed by atoms with van der Waals surface area (Å²) in [6.07, 6.45) is 23.7. The first-order valence-corrected chi connectivity index (χ1v) is 7.55. The molecule has 3 nitrogen and oxygen atoms in total. The summed E-state index contributed by atoms with van der Waals surface area (Å²) in [7, 11) is 0. The van der Waals surface area contributed by atoms with E-state index in [9.17, 15) is 9.90 Å². The first-order valence-electron chi connectivity index (χ1n) is 7.55. The van der Waals surface area contributed by atoms with Gasteiger partial charge in [-0.1, -0.05) is 12.2 Å². The molecular formula is C19H24FeO3+2. The molecule has 2 rings (SSSR count). The molecule has 2 fully saturated rings. The monoisotopic (exact) mass is 356 g/mol. The number of rotatable bonds is 7. The van der Waals surface area contributed by atoms with E-state index in [0.717, 1.165) is 25.2 Å². The molecule has 124 valence electrons. The third-order valence-corrected chi connectivity index (χ3v) is 3.03. The number of carbonyl (C=O) groups is 1. The van der Waals surface area contributed by atoms with Crippen molar-refractivity contribution in [1.82, 2.24) is 0 Å². The van der Waals surface area contributed by atoms with Crippen LogP contribution in [0.15, 0.2) is 12.2 Å². The van der Waals surface area contributed by atoms with Crippen LogP contribution in [0.1, 0.15) is 26.2 Å². The molecule has 0 saturated heterocycles. The molecule has 23 heavy (non-hydrogen) atoms. The fourth-order valence-corrected chi connectivity index (χ4v) is 1.88. The molecule has 0 aromatic rings. The molecule has 1 N–H and O–H groups in total. The van der Waals surface area contributed by atoms with Crippen LogP contribution >= 0.6 is 0 Å². The van der Waals surface area contributed by atoms with Crippen molar-refractivity contribution >= 4 is 5.97 Å². The minimum atomic E-state index is -0.369. The minimum absolute atomic E-state index is 0. The zero-order valence-electron chi connectivity index (χ0n) is 13.4. The van der Waals surface area contributed by atoms with Crippen molar-refractivity contribution in [2.24, 2.45) is 0 Å². The van der Waals surface area contributed by atoms with Gasteiger partial charge in [-0.3, -0.25) is 4.79 Å². The van der Waals surface area contributed by atoms with Crippen molar-refractivity contribution in [3.05, 3.63) is 75.9 Å². The van der Waals surface area contributed by atoms with Gasteiger partial charge in [-0.2, -0.15) is 0 Å². The van der Waals surface area contributed by atoms with Gasteiger partial charge in [0.25, 0.3) is 0 Å². The molecule has 10 radical (unpaired) electrons. The zero-order valence-corrected chi connectivity index (χ0v) is 14.5. The number of aliphatic hydroxyl groups is 1. The van der Waals surface area contributed by atoms with Crippen LogP contribution in [0.3, 0.4) is 0 Å². The summed E-state index contributed by atoms with van der Waals surface area (Å²) in [5.74, 6) is 0.718. The van der Waals surface area contributed by atoms with Crippen molar-refractivity contribution < 1.29 is 31.7 Å². The molecule has 1 unspecified atom stereocenters. The Balaban J connectivity index is 0.000000684. The molecule has 0 spiro atoms. The van der Waals surface area contributed by atoms with Crippen LogP contribution in [-0.4, -0.2) is 23.8 Å². The van der Waals surface area contributed by atoms with E-state index in [-0.39, 0.29) is 29.1 Å². The van der Waals surface area contributed by atoms with Crippen LogP contribution in [-0.2, 0) is 26.6 Å². The Bertz CT molecular complexity index is 300. The van der Waals surface area contributed by atoms with Gasteiger partial charge in [0.2, 0.25) is 0 Å². The zero-order chi connectivity index (χ0) is 16.0. The molecule has 0 amide bonds. The SMILES string of the molecule is CC(=O)OC/C=C/CCCC(O)[C]1[CH][CH][CH][CH]1.[CH]1[CH][CH][CH][CH]1.[Fe+2]. The number of allylic oxidation sites excluding steroid dienone is 1. The summed E-state index contributed by atoms with van der Waals surface area (Å²) in [6.45, 7) is 1.73. The van der Waals surface area contributed by atoms with Crippen LogP contribution in [0, 0.1) is 63.7 Å². The molecule has 0 aromatic heterocycles. The van der Waals surface area contributed by atoms with E-state index in [1.807, 2.05) is 69.9 Å². The smallest absolute Gasteiger partial charge is 0.462 e. The van der Waals surface area contributed by atoms with Gasteiger partial charge in [0, 0.05) is 12.8 Å². The molecule has 1 atom stereocenters. The second-order valence-corrected chi connectivity index (χ2v) is 4.90. The molecule has 0 bridgehead atoms. The number of ether oxygens (including phenoxy) is 1. The summed E-state index contributed by atoms with van der Waals surface area (Å²) >= 11 is 0. The number of hydrogen-bond donors (Lipinski definition) is 1. The van der Waals surface area contributed by atoms with Crippen molar-refractivity contribution in [1.29, 1.82) is 0 Å². The molecule has 4 heteroatoms. The van der Waals surface area contributed by atoms with Gasteiger partial charge >= 0.3 is 23.0 Å². The molecular weight excluding hydrogens is 332 g/mol. The Labute approximate surface area is 152 Å². The second-order valence-electron chi connectivity index (χ2n) is 4.90. The summed E-state index contributed by atoms with van der Waals surface area (Å²) < 4.78 is 4.75. The van der Waals surface area contributed by atoms with E-state index in [1.165, 1.54) is 6.92 Å². The number of unbranched alkanes of at least 4 members (excludes halogenated alkanes) is 1. The van der Waals surface area contributed by atoms with E-state index in [4.69, 9.17) is 4.74 Å². The van der Waals surface area contributed by atoms with E-state index >= 15 is 0 Å². The Morgan fingerprint density at radius 3 is 2.17 bits per heavy atom. The molecule has 2 aliphatic rings. The maximum Gasteiger partial charge on any atom is 2.00 e. The van der Waals surface area contributed by atoms with Crippen LogP contribution in [0.2, 0.25) is 0 Å². The van der Waals surface area contributed by atoms with E-state index < -0.39 is 0 Å². The Morgan fingerprint density at radius 1 is 1.09 bits per heavy atom. The number of aliphatic hydroxyl groups excluding tert-OH is 1. The van der Waals surface area contributed by atoms with Crippen molar-refractivity contribution in [2.45, 2.75) is 32.3 Å². The maximum absolute atomic E-state index is 10.5. The van der Waals surface area contributed by atoms with Gasteiger partial charge in [-0.05, 0) is 77.0 Å². The largest absolute Gasteiger partial charge is 2.00 e. The Kier molecular flexibility index (Phi) is 15.0. The predicted octanol–water partition coefficient (Wildman–Crippen LogP) is 3.06. The van der Waals surface area contributed by atoms with Gasteiger partial charge in [0.1, 0.15) is 6.61 Å². The topological polar surface area (TPSA) is 46.5 Å². The van der Waals surface area contributed by atoms with Crippen LogP contribution in [0.5, 0.6) is 0 Å². The Morgan fingerprint density at radius 2 is 1.65 bits per heavy atom. The standard InChI is InChI=1S/C14H19O3.C5H5.Fe/c1-12(15)17-11-7-3-2-4-10-14(16)13-8-5-6-9-13;1-2-4-5-3-1;/h3,5-9,14,16H,2,4,10-11H2,1H3;1-5H;/q;;+2/b7-3+;;. The third kappa shape index (κ3) is 12.7. The fraction of sp³-hybridized carbons (Fsp3) is 0.316. The summed E-state index contributed by atoms with van der Waals surface area (Å²) in [5, 5.41) is 9.79. The number of esters is 1. The van der Waals surface area contributed by atoms with Crippen LogP contribution in [0.4, 0.5) is 0 Å². The summed E-state index contributed by atoms with van der Waals surface area (Å²) in [4.78, 5) is 10.5. The first kappa shape index (κ1) is 22.7. The minimum Gasteiger partial charge on any atom is -0.462 e. The van der Waals surface area contributed by atoms with Gasteiger partial charge in [0.15, 0.2) is 0 Å². The molecule has 0 aliphatic heterocycles. The summed E-state index contributed by atoms with van der Waals surface area (Å²) in [5.41, 5.74) is 0. The van der Waals surface area contributed by atoms with Crippen molar-refractivity contribution in [3.63, 3.8) is 0 Å². The average Bonchev–Trinajstić information content (AvgIpc) is 3.20. The third-order valence-electron chi connectivity index (χ3n) is 3.03. The maximum atomic E-state index is 10.5. The fourth-order valence-electron chi connectivity index (χ4n) is 1.88. The first-order chi connectivity index (χ1) is 10.7. The van der Waals surface area contributed by atoms with Crippen molar-refractivity contribution in [3.8, 4) is 0 Å². The van der Waals surface area contributed by atoms with Gasteiger partial charge in [0.05, 0.1) is 6.10 Å². The van der Waals surface area contributed by atoms with Crippen LogP contribution < -0.4 is 0 Å². The van der Waals surface area contributed by atoms with E-state index in [0.29, 0.717) is 6.61 Å². The second kappa shape index (κ2) is 15.2. The predicted molar refractivity (Wildman–Crippen MR) is 87.6 cm³/mol. The van der Waals surface area contributed by atoms with Gasteiger partial charge in [-0.15, -0.1) is 0 Å².